The average molecular weight is 292 g/mol. The van der Waals surface area contributed by atoms with Gasteiger partial charge in [-0.05, 0) is 37.0 Å². The van der Waals surface area contributed by atoms with Gasteiger partial charge in [-0.3, -0.25) is 4.79 Å². The molecule has 0 atom stereocenters. The summed E-state index contributed by atoms with van der Waals surface area (Å²) in [5, 5.41) is 14.3. The van der Waals surface area contributed by atoms with E-state index in [-0.39, 0.29) is 12.6 Å². The molecule has 1 saturated carbocycles. The number of amides is 2. The number of hydrogen-bond donors (Lipinski definition) is 3. The maximum atomic E-state index is 11.6. The number of ether oxygens (including phenoxy) is 1. The van der Waals surface area contributed by atoms with Gasteiger partial charge in [-0.25, -0.2) is 4.79 Å². The lowest BCUT2D eigenvalue weighted by molar-refractivity contribution is -0.143. The predicted octanol–water partition coefficient (Wildman–Crippen LogP) is 1.40. The SMILES string of the molecule is COc1ccc(CCNC(=O)NCC2(C(=O)O)CC2)cc1. The minimum atomic E-state index is -0.832. The second-order valence-corrected chi connectivity index (χ2v) is 5.29. The molecule has 0 spiro atoms. The van der Waals surface area contributed by atoms with Gasteiger partial charge in [0.1, 0.15) is 5.75 Å². The molecule has 2 rings (SSSR count). The van der Waals surface area contributed by atoms with Crippen molar-refractivity contribution in [1.82, 2.24) is 10.6 Å². The van der Waals surface area contributed by atoms with Gasteiger partial charge in [-0.1, -0.05) is 12.1 Å². The van der Waals surface area contributed by atoms with Gasteiger partial charge in [-0.15, -0.1) is 0 Å². The molecule has 6 nitrogen and oxygen atoms in total. The summed E-state index contributed by atoms with van der Waals surface area (Å²) in [6.07, 6.45) is 1.98. The van der Waals surface area contributed by atoms with Crippen LogP contribution in [0.3, 0.4) is 0 Å². The summed E-state index contributed by atoms with van der Waals surface area (Å²) in [5.41, 5.74) is 0.369. The van der Waals surface area contributed by atoms with Crippen LogP contribution in [0.5, 0.6) is 5.75 Å². The Balaban J connectivity index is 1.66. The van der Waals surface area contributed by atoms with E-state index in [1.807, 2.05) is 24.3 Å². The van der Waals surface area contributed by atoms with E-state index >= 15 is 0 Å². The predicted molar refractivity (Wildman–Crippen MR) is 77.4 cm³/mol. The number of carbonyl (C=O) groups is 2. The molecule has 21 heavy (non-hydrogen) atoms. The topological polar surface area (TPSA) is 87.7 Å². The molecule has 1 aliphatic rings. The monoisotopic (exact) mass is 292 g/mol. The molecule has 114 valence electrons. The minimum Gasteiger partial charge on any atom is -0.497 e. The lowest BCUT2D eigenvalue weighted by atomic mass is 10.1. The van der Waals surface area contributed by atoms with Gasteiger partial charge < -0.3 is 20.5 Å². The Hall–Kier alpha value is -2.24. The summed E-state index contributed by atoms with van der Waals surface area (Å²) in [5.74, 6) is -0.0334. The second-order valence-electron chi connectivity index (χ2n) is 5.29. The van der Waals surface area contributed by atoms with Gasteiger partial charge in [0.2, 0.25) is 0 Å². The molecule has 1 aromatic carbocycles. The van der Waals surface area contributed by atoms with Gasteiger partial charge in [0.15, 0.2) is 0 Å². The molecule has 0 saturated heterocycles. The Morgan fingerprint density at radius 1 is 1.24 bits per heavy atom. The summed E-state index contributed by atoms with van der Waals surface area (Å²) < 4.78 is 5.07. The summed E-state index contributed by atoms with van der Waals surface area (Å²) in [4.78, 5) is 22.6. The van der Waals surface area contributed by atoms with Crippen LogP contribution in [-0.2, 0) is 11.2 Å². The first-order chi connectivity index (χ1) is 10.1. The number of methoxy groups -OCH3 is 1. The van der Waals surface area contributed by atoms with Crippen LogP contribution in [0.2, 0.25) is 0 Å². The molecule has 1 aromatic rings. The summed E-state index contributed by atoms with van der Waals surface area (Å²) in [6.45, 7) is 0.689. The molecule has 0 aliphatic heterocycles. The molecule has 0 heterocycles. The fourth-order valence-electron chi connectivity index (χ4n) is 2.04. The molecule has 0 radical (unpaired) electrons. The van der Waals surface area contributed by atoms with E-state index in [0.29, 0.717) is 25.8 Å². The van der Waals surface area contributed by atoms with Gasteiger partial charge in [0.25, 0.3) is 0 Å². The van der Waals surface area contributed by atoms with Crippen LogP contribution in [0.1, 0.15) is 18.4 Å². The van der Waals surface area contributed by atoms with Gasteiger partial charge >= 0.3 is 12.0 Å². The van der Waals surface area contributed by atoms with E-state index in [0.717, 1.165) is 11.3 Å². The van der Waals surface area contributed by atoms with Crippen molar-refractivity contribution < 1.29 is 19.4 Å². The van der Waals surface area contributed by atoms with Crippen LogP contribution in [0.25, 0.3) is 0 Å². The standard InChI is InChI=1S/C15H20N2O4/c1-21-12-4-2-11(3-5-12)6-9-16-14(20)17-10-15(7-8-15)13(18)19/h2-5H,6-10H2,1H3,(H,18,19)(H2,16,17,20). The number of carboxylic acids is 1. The van der Waals surface area contributed by atoms with E-state index < -0.39 is 11.4 Å². The molecular weight excluding hydrogens is 272 g/mol. The third-order valence-electron chi connectivity index (χ3n) is 3.75. The van der Waals surface area contributed by atoms with Crippen LogP contribution < -0.4 is 15.4 Å². The summed E-state index contributed by atoms with van der Waals surface area (Å²) >= 11 is 0. The maximum absolute atomic E-state index is 11.6. The van der Waals surface area contributed by atoms with Crippen molar-refractivity contribution in [2.45, 2.75) is 19.3 Å². The van der Waals surface area contributed by atoms with Crippen molar-refractivity contribution in [3.8, 4) is 5.75 Å². The van der Waals surface area contributed by atoms with Crippen LogP contribution in [0.15, 0.2) is 24.3 Å². The largest absolute Gasteiger partial charge is 0.497 e. The zero-order valence-electron chi connectivity index (χ0n) is 12.0. The first-order valence-corrected chi connectivity index (χ1v) is 6.94. The normalized spacial score (nSPS) is 15.1. The van der Waals surface area contributed by atoms with Crippen LogP contribution in [0, 0.1) is 5.41 Å². The van der Waals surface area contributed by atoms with E-state index in [1.165, 1.54) is 0 Å². The number of nitrogens with one attached hydrogen (secondary N) is 2. The van der Waals surface area contributed by atoms with Crippen molar-refractivity contribution in [2.24, 2.45) is 5.41 Å². The smallest absolute Gasteiger partial charge is 0.314 e. The van der Waals surface area contributed by atoms with Crippen LogP contribution in [-0.4, -0.2) is 37.3 Å². The molecule has 6 heteroatoms. The molecule has 1 fully saturated rings. The highest BCUT2D eigenvalue weighted by atomic mass is 16.5. The van der Waals surface area contributed by atoms with Crippen molar-refractivity contribution in [3.05, 3.63) is 29.8 Å². The zero-order valence-corrected chi connectivity index (χ0v) is 12.0. The summed E-state index contributed by atoms with van der Waals surface area (Å²) in [7, 11) is 1.62. The van der Waals surface area contributed by atoms with E-state index in [4.69, 9.17) is 9.84 Å². The maximum Gasteiger partial charge on any atom is 0.314 e. The lowest BCUT2D eigenvalue weighted by Crippen LogP contribution is -2.41. The highest BCUT2D eigenvalue weighted by molar-refractivity contribution is 5.80. The van der Waals surface area contributed by atoms with Crippen LogP contribution in [0.4, 0.5) is 4.79 Å². The number of rotatable bonds is 7. The number of hydrogen-bond acceptors (Lipinski definition) is 3. The quantitative estimate of drug-likeness (QED) is 0.709. The third-order valence-corrected chi connectivity index (χ3v) is 3.75. The van der Waals surface area contributed by atoms with Crippen LogP contribution >= 0.6 is 0 Å². The van der Waals surface area contributed by atoms with E-state index in [2.05, 4.69) is 10.6 Å². The first-order valence-electron chi connectivity index (χ1n) is 6.94. The first kappa shape index (κ1) is 15.2. The molecule has 3 N–H and O–H groups in total. The Bertz CT molecular complexity index is 509. The van der Waals surface area contributed by atoms with Gasteiger partial charge in [0.05, 0.1) is 12.5 Å². The molecule has 0 unspecified atom stereocenters. The lowest BCUT2D eigenvalue weighted by Gasteiger charge is -2.12. The Morgan fingerprint density at radius 3 is 2.43 bits per heavy atom. The average Bonchev–Trinajstić information content (AvgIpc) is 3.27. The molecule has 0 aromatic heterocycles. The molecular formula is C15H20N2O4. The van der Waals surface area contributed by atoms with E-state index in [1.54, 1.807) is 7.11 Å². The fraction of sp³-hybridized carbons (Fsp3) is 0.467. The van der Waals surface area contributed by atoms with Gasteiger partial charge in [0, 0.05) is 13.1 Å². The highest BCUT2D eigenvalue weighted by Gasteiger charge is 2.50. The summed E-state index contributed by atoms with van der Waals surface area (Å²) in [6, 6.07) is 7.32. The van der Waals surface area contributed by atoms with E-state index in [9.17, 15) is 9.59 Å². The number of benzene rings is 1. The second kappa shape index (κ2) is 6.47. The Kier molecular flexibility index (Phi) is 4.67. The van der Waals surface area contributed by atoms with Crippen molar-refractivity contribution in [3.63, 3.8) is 0 Å². The third kappa shape index (κ3) is 4.11. The number of aliphatic carboxylic acids is 1. The Labute approximate surface area is 123 Å². The van der Waals surface area contributed by atoms with Crippen molar-refractivity contribution in [2.75, 3.05) is 20.2 Å². The number of carbonyl (C=O) groups excluding carboxylic acids is 1. The fourth-order valence-corrected chi connectivity index (χ4v) is 2.04. The van der Waals surface area contributed by atoms with Crippen molar-refractivity contribution >= 4 is 12.0 Å². The van der Waals surface area contributed by atoms with Crippen molar-refractivity contribution in [1.29, 1.82) is 0 Å². The highest BCUT2D eigenvalue weighted by Crippen LogP contribution is 2.45. The molecule has 1 aliphatic carbocycles. The molecule has 2 amide bonds. The number of urea groups is 1. The molecule has 0 bridgehead atoms. The number of carboxylic acid groups (broad SMARTS) is 1. The Morgan fingerprint density at radius 2 is 1.90 bits per heavy atom. The zero-order chi connectivity index (χ0) is 15.3. The van der Waals surface area contributed by atoms with Gasteiger partial charge in [-0.2, -0.15) is 0 Å². The minimum absolute atomic E-state index is 0.191.